The first-order chi connectivity index (χ1) is 9.86. The summed E-state index contributed by atoms with van der Waals surface area (Å²) in [6.45, 7) is 1.32. The summed E-state index contributed by atoms with van der Waals surface area (Å²) in [5.74, 6) is 3.81. The first-order valence-electron chi connectivity index (χ1n) is 7.56. The molecule has 1 fully saturated rings. The van der Waals surface area contributed by atoms with Crippen LogP contribution in [0.1, 0.15) is 25.7 Å². The van der Waals surface area contributed by atoms with Crippen molar-refractivity contribution in [2.75, 3.05) is 26.0 Å². The maximum absolute atomic E-state index is 5.63. The Morgan fingerprint density at radius 2 is 2.05 bits per heavy atom. The minimum absolute atomic E-state index is 0.659. The van der Waals surface area contributed by atoms with E-state index in [4.69, 9.17) is 9.47 Å². The SMILES string of the molecule is CNC1CCCC1CCSc1ccc2c(c1)OCCO2. The molecule has 1 aliphatic carbocycles. The fraction of sp³-hybridized carbons (Fsp3) is 0.625. The molecule has 110 valence electrons. The van der Waals surface area contributed by atoms with Crippen LogP contribution in [-0.4, -0.2) is 32.1 Å². The molecule has 1 aliphatic heterocycles. The molecule has 1 heterocycles. The lowest BCUT2D eigenvalue weighted by Crippen LogP contribution is -2.29. The van der Waals surface area contributed by atoms with Crippen molar-refractivity contribution < 1.29 is 9.47 Å². The zero-order valence-corrected chi connectivity index (χ0v) is 12.9. The van der Waals surface area contributed by atoms with Crippen molar-refractivity contribution in [3.05, 3.63) is 18.2 Å². The summed E-state index contributed by atoms with van der Waals surface area (Å²) >= 11 is 1.93. The standard InChI is InChI=1S/C16H23NO2S/c1-17-14-4-2-3-12(14)7-10-20-13-5-6-15-16(11-13)19-9-8-18-15/h5-6,11-12,14,17H,2-4,7-10H2,1H3. The van der Waals surface area contributed by atoms with Crippen LogP contribution in [0.25, 0.3) is 0 Å². The highest BCUT2D eigenvalue weighted by Gasteiger charge is 2.25. The van der Waals surface area contributed by atoms with Crippen LogP contribution in [0.2, 0.25) is 0 Å². The lowest BCUT2D eigenvalue weighted by molar-refractivity contribution is 0.171. The molecule has 3 nitrogen and oxygen atoms in total. The van der Waals surface area contributed by atoms with Crippen LogP contribution in [0, 0.1) is 5.92 Å². The quantitative estimate of drug-likeness (QED) is 0.844. The second-order valence-corrected chi connectivity index (χ2v) is 6.70. The van der Waals surface area contributed by atoms with Crippen molar-refractivity contribution in [2.24, 2.45) is 5.92 Å². The smallest absolute Gasteiger partial charge is 0.162 e. The maximum atomic E-state index is 5.63. The van der Waals surface area contributed by atoms with E-state index < -0.39 is 0 Å². The third-order valence-corrected chi connectivity index (χ3v) is 5.33. The van der Waals surface area contributed by atoms with Crippen LogP contribution in [0.15, 0.2) is 23.1 Å². The van der Waals surface area contributed by atoms with E-state index in [2.05, 4.69) is 24.5 Å². The molecule has 0 bridgehead atoms. The molecule has 0 amide bonds. The van der Waals surface area contributed by atoms with E-state index in [0.717, 1.165) is 23.5 Å². The highest BCUT2D eigenvalue weighted by molar-refractivity contribution is 7.99. The van der Waals surface area contributed by atoms with Crippen LogP contribution >= 0.6 is 11.8 Å². The number of fused-ring (bicyclic) bond motifs is 1. The number of thioether (sulfide) groups is 1. The largest absolute Gasteiger partial charge is 0.486 e. The van der Waals surface area contributed by atoms with E-state index in [9.17, 15) is 0 Å². The van der Waals surface area contributed by atoms with Crippen LogP contribution in [-0.2, 0) is 0 Å². The van der Waals surface area contributed by atoms with Gasteiger partial charge in [-0.15, -0.1) is 11.8 Å². The number of nitrogens with one attached hydrogen (secondary N) is 1. The van der Waals surface area contributed by atoms with Crippen molar-refractivity contribution in [1.82, 2.24) is 5.32 Å². The Labute approximate surface area is 125 Å². The summed E-state index contributed by atoms with van der Waals surface area (Å²) in [7, 11) is 2.09. The van der Waals surface area contributed by atoms with E-state index in [0.29, 0.717) is 13.2 Å². The van der Waals surface area contributed by atoms with Gasteiger partial charge in [-0.2, -0.15) is 0 Å². The Kier molecular flexibility index (Phi) is 4.73. The van der Waals surface area contributed by atoms with Crippen LogP contribution in [0.4, 0.5) is 0 Å². The topological polar surface area (TPSA) is 30.5 Å². The van der Waals surface area contributed by atoms with E-state index >= 15 is 0 Å². The molecule has 4 heteroatoms. The third kappa shape index (κ3) is 3.23. The zero-order valence-electron chi connectivity index (χ0n) is 12.1. The molecule has 0 saturated heterocycles. The normalized spacial score (nSPS) is 24.9. The van der Waals surface area contributed by atoms with Crippen molar-refractivity contribution in [2.45, 2.75) is 36.6 Å². The molecule has 0 aromatic heterocycles. The molecule has 1 N–H and O–H groups in total. The Balaban J connectivity index is 1.51. The maximum Gasteiger partial charge on any atom is 0.162 e. The summed E-state index contributed by atoms with van der Waals surface area (Å²) in [6.07, 6.45) is 5.40. The number of hydrogen-bond donors (Lipinski definition) is 1. The van der Waals surface area contributed by atoms with Crippen LogP contribution in [0.3, 0.4) is 0 Å². The number of hydrogen-bond acceptors (Lipinski definition) is 4. The summed E-state index contributed by atoms with van der Waals surface area (Å²) in [4.78, 5) is 1.29. The van der Waals surface area contributed by atoms with Gasteiger partial charge in [0.1, 0.15) is 13.2 Å². The van der Waals surface area contributed by atoms with Crippen molar-refractivity contribution in [3.63, 3.8) is 0 Å². The Morgan fingerprint density at radius 1 is 1.20 bits per heavy atom. The molecular weight excluding hydrogens is 270 g/mol. The Morgan fingerprint density at radius 3 is 2.90 bits per heavy atom. The molecule has 20 heavy (non-hydrogen) atoms. The summed E-state index contributed by atoms with van der Waals surface area (Å²) in [5.41, 5.74) is 0. The van der Waals surface area contributed by atoms with Crippen molar-refractivity contribution in [3.8, 4) is 11.5 Å². The Hall–Kier alpha value is -0.870. The average Bonchev–Trinajstić information content (AvgIpc) is 2.95. The summed E-state index contributed by atoms with van der Waals surface area (Å²) in [5, 5.41) is 3.46. The summed E-state index contributed by atoms with van der Waals surface area (Å²) in [6, 6.07) is 7.02. The highest BCUT2D eigenvalue weighted by atomic mass is 32.2. The van der Waals surface area contributed by atoms with Gasteiger partial charge in [0.05, 0.1) is 0 Å². The molecule has 2 atom stereocenters. The molecule has 2 unspecified atom stereocenters. The van der Waals surface area contributed by atoms with Crippen LogP contribution in [0.5, 0.6) is 11.5 Å². The Bertz CT molecular complexity index is 452. The fourth-order valence-corrected chi connectivity index (χ4v) is 4.21. The van der Waals surface area contributed by atoms with Gasteiger partial charge >= 0.3 is 0 Å². The predicted octanol–water partition coefficient (Wildman–Crippen LogP) is 3.33. The lowest BCUT2D eigenvalue weighted by atomic mass is 10.0. The number of ether oxygens (including phenoxy) is 2. The van der Waals surface area contributed by atoms with Crippen molar-refractivity contribution >= 4 is 11.8 Å². The molecular formula is C16H23NO2S. The van der Waals surface area contributed by atoms with E-state index in [1.165, 1.54) is 36.3 Å². The monoisotopic (exact) mass is 293 g/mol. The summed E-state index contributed by atoms with van der Waals surface area (Å²) < 4.78 is 11.2. The van der Waals surface area contributed by atoms with Crippen LogP contribution < -0.4 is 14.8 Å². The molecule has 1 aromatic carbocycles. The van der Waals surface area contributed by atoms with E-state index in [1.807, 2.05) is 17.8 Å². The fourth-order valence-electron chi connectivity index (χ4n) is 3.20. The van der Waals surface area contributed by atoms with Gasteiger partial charge in [-0.05, 0) is 56.2 Å². The second-order valence-electron chi connectivity index (χ2n) is 5.53. The van der Waals surface area contributed by atoms with Gasteiger partial charge in [-0.1, -0.05) is 6.42 Å². The van der Waals surface area contributed by atoms with Gasteiger partial charge in [0.2, 0.25) is 0 Å². The van der Waals surface area contributed by atoms with Gasteiger partial charge < -0.3 is 14.8 Å². The number of benzene rings is 1. The van der Waals surface area contributed by atoms with Gasteiger partial charge in [0, 0.05) is 10.9 Å². The molecule has 0 spiro atoms. The minimum atomic E-state index is 0.659. The highest BCUT2D eigenvalue weighted by Crippen LogP contribution is 2.35. The van der Waals surface area contributed by atoms with E-state index in [1.54, 1.807) is 0 Å². The van der Waals surface area contributed by atoms with Crippen molar-refractivity contribution in [1.29, 1.82) is 0 Å². The number of rotatable bonds is 5. The van der Waals surface area contributed by atoms with Gasteiger partial charge in [0.15, 0.2) is 11.5 Å². The predicted molar refractivity (Wildman–Crippen MR) is 83.0 cm³/mol. The first kappa shape index (κ1) is 14.1. The molecule has 3 rings (SSSR count). The minimum Gasteiger partial charge on any atom is -0.486 e. The van der Waals surface area contributed by atoms with Gasteiger partial charge in [0.25, 0.3) is 0 Å². The van der Waals surface area contributed by atoms with E-state index in [-0.39, 0.29) is 0 Å². The molecule has 2 aliphatic rings. The zero-order chi connectivity index (χ0) is 13.8. The lowest BCUT2D eigenvalue weighted by Gasteiger charge is -2.20. The molecule has 1 saturated carbocycles. The molecule has 1 aromatic rings. The first-order valence-corrected chi connectivity index (χ1v) is 8.55. The average molecular weight is 293 g/mol. The van der Waals surface area contributed by atoms with Gasteiger partial charge in [-0.3, -0.25) is 0 Å². The molecule has 0 radical (unpaired) electrons. The third-order valence-electron chi connectivity index (χ3n) is 4.30. The van der Waals surface area contributed by atoms with Gasteiger partial charge in [-0.25, -0.2) is 0 Å². The second kappa shape index (κ2) is 6.72.